The molecule has 0 atom stereocenters. The minimum atomic E-state index is -1.45. The summed E-state index contributed by atoms with van der Waals surface area (Å²) in [5.74, 6) is -2.37. The van der Waals surface area contributed by atoms with Gasteiger partial charge in [-0.1, -0.05) is 5.21 Å². The number of nitro groups is 1. The molecule has 23 heavy (non-hydrogen) atoms. The molecule has 0 aliphatic rings. The third kappa shape index (κ3) is 2.79. The first-order valence-electron chi connectivity index (χ1n) is 5.99. The second-order valence-electron chi connectivity index (χ2n) is 4.12. The Balaban J connectivity index is 2.65. The smallest absolute Gasteiger partial charge is 0.356 e. The molecule has 11 heteroatoms. The minimum absolute atomic E-state index is 0.0489. The van der Waals surface area contributed by atoms with E-state index in [2.05, 4.69) is 10.3 Å². The highest BCUT2D eigenvalue weighted by molar-refractivity contribution is 6.03. The highest BCUT2D eigenvalue weighted by Gasteiger charge is 2.28. The number of methoxy groups -OCH3 is 2. The number of aromatic nitrogens is 3. The van der Waals surface area contributed by atoms with E-state index in [9.17, 15) is 19.7 Å². The van der Waals surface area contributed by atoms with Crippen LogP contribution in [0.25, 0.3) is 0 Å². The lowest BCUT2D eigenvalue weighted by Crippen LogP contribution is -2.20. The standard InChI is InChI=1S/C12H10N4O7/c1-22-9-3-6(7(16(20)21)4-10(9)23-2)11(17)15-8(12(18)19)5-13-14-15/h3-5H,1-2H3,(H,18,19). The Hall–Kier alpha value is -3.50. The van der Waals surface area contributed by atoms with Gasteiger partial charge in [-0.15, -0.1) is 5.10 Å². The lowest BCUT2D eigenvalue weighted by atomic mass is 10.1. The number of nitrogens with zero attached hydrogens (tertiary/aromatic N) is 4. The number of nitro benzene ring substituents is 1. The van der Waals surface area contributed by atoms with Crippen molar-refractivity contribution in [2.24, 2.45) is 0 Å². The molecule has 0 radical (unpaired) electrons. The molecule has 1 N–H and O–H groups in total. The number of ether oxygens (including phenoxy) is 2. The van der Waals surface area contributed by atoms with E-state index in [0.717, 1.165) is 18.3 Å². The zero-order valence-electron chi connectivity index (χ0n) is 11.9. The molecular weight excluding hydrogens is 312 g/mol. The van der Waals surface area contributed by atoms with Crippen molar-refractivity contribution in [1.82, 2.24) is 15.0 Å². The molecule has 1 aromatic carbocycles. The van der Waals surface area contributed by atoms with E-state index in [1.165, 1.54) is 14.2 Å². The fraction of sp³-hybridized carbons (Fsp3) is 0.167. The van der Waals surface area contributed by atoms with E-state index in [0.29, 0.717) is 4.68 Å². The highest BCUT2D eigenvalue weighted by atomic mass is 16.6. The van der Waals surface area contributed by atoms with Gasteiger partial charge in [0.25, 0.3) is 11.6 Å². The van der Waals surface area contributed by atoms with Crippen molar-refractivity contribution in [3.8, 4) is 11.5 Å². The number of carbonyl (C=O) groups is 2. The van der Waals surface area contributed by atoms with Crippen LogP contribution >= 0.6 is 0 Å². The molecule has 0 aliphatic heterocycles. The van der Waals surface area contributed by atoms with Crippen LogP contribution in [0.1, 0.15) is 20.8 Å². The molecule has 0 aliphatic carbocycles. The van der Waals surface area contributed by atoms with Crippen LogP contribution in [-0.2, 0) is 0 Å². The average molecular weight is 322 g/mol. The summed E-state index contributed by atoms with van der Waals surface area (Å²) >= 11 is 0. The first-order chi connectivity index (χ1) is 10.9. The summed E-state index contributed by atoms with van der Waals surface area (Å²) in [7, 11) is 2.57. The Kier molecular flexibility index (Phi) is 4.21. The van der Waals surface area contributed by atoms with E-state index in [1.807, 2.05) is 0 Å². The number of aromatic carboxylic acids is 1. The van der Waals surface area contributed by atoms with Gasteiger partial charge >= 0.3 is 5.97 Å². The van der Waals surface area contributed by atoms with Gasteiger partial charge in [0.15, 0.2) is 17.2 Å². The Morgan fingerprint density at radius 2 is 1.87 bits per heavy atom. The number of benzene rings is 1. The number of hydrogen-bond donors (Lipinski definition) is 1. The molecular formula is C12H10N4O7. The van der Waals surface area contributed by atoms with Crippen molar-refractivity contribution >= 4 is 17.6 Å². The third-order valence-electron chi connectivity index (χ3n) is 2.89. The normalized spacial score (nSPS) is 10.2. The molecule has 1 heterocycles. The fourth-order valence-corrected chi connectivity index (χ4v) is 1.84. The third-order valence-corrected chi connectivity index (χ3v) is 2.89. The number of hydrogen-bond acceptors (Lipinski definition) is 8. The van der Waals surface area contributed by atoms with Crippen LogP contribution in [0.5, 0.6) is 11.5 Å². The van der Waals surface area contributed by atoms with Gasteiger partial charge < -0.3 is 14.6 Å². The van der Waals surface area contributed by atoms with Crippen molar-refractivity contribution < 1.29 is 29.1 Å². The SMILES string of the molecule is COc1cc(C(=O)n2nncc2C(=O)O)c([N+](=O)[O-])cc1OC. The van der Waals surface area contributed by atoms with Crippen molar-refractivity contribution in [1.29, 1.82) is 0 Å². The van der Waals surface area contributed by atoms with Gasteiger partial charge in [0.1, 0.15) is 5.56 Å². The summed E-state index contributed by atoms with van der Waals surface area (Å²) in [4.78, 5) is 33.8. The Labute approximate surface area is 128 Å². The summed E-state index contributed by atoms with van der Waals surface area (Å²) < 4.78 is 10.4. The lowest BCUT2D eigenvalue weighted by Gasteiger charge is -2.10. The van der Waals surface area contributed by atoms with Gasteiger partial charge in [-0.3, -0.25) is 14.9 Å². The molecule has 0 bridgehead atoms. The fourth-order valence-electron chi connectivity index (χ4n) is 1.84. The number of carbonyl (C=O) groups excluding carboxylic acids is 1. The van der Waals surface area contributed by atoms with Gasteiger partial charge in [-0.2, -0.15) is 4.68 Å². The largest absolute Gasteiger partial charge is 0.493 e. The molecule has 0 unspecified atom stereocenters. The molecule has 1 aromatic heterocycles. The van der Waals surface area contributed by atoms with E-state index in [4.69, 9.17) is 14.6 Å². The van der Waals surface area contributed by atoms with E-state index in [1.54, 1.807) is 0 Å². The van der Waals surface area contributed by atoms with Crippen LogP contribution in [0.15, 0.2) is 18.3 Å². The van der Waals surface area contributed by atoms with Crippen LogP contribution in [0.2, 0.25) is 0 Å². The predicted molar refractivity (Wildman–Crippen MR) is 72.9 cm³/mol. The quantitative estimate of drug-likeness (QED) is 0.616. The maximum atomic E-state index is 12.4. The van der Waals surface area contributed by atoms with Crippen molar-refractivity contribution in [2.75, 3.05) is 14.2 Å². The molecule has 0 fully saturated rings. The van der Waals surface area contributed by atoms with E-state index >= 15 is 0 Å². The Bertz CT molecular complexity index is 799. The predicted octanol–water partition coefficient (Wildman–Crippen LogP) is 0.590. The van der Waals surface area contributed by atoms with Crippen molar-refractivity contribution in [3.63, 3.8) is 0 Å². The van der Waals surface area contributed by atoms with Crippen LogP contribution in [0.4, 0.5) is 5.69 Å². The zero-order valence-corrected chi connectivity index (χ0v) is 11.9. The van der Waals surface area contributed by atoms with Crippen LogP contribution in [0.3, 0.4) is 0 Å². The van der Waals surface area contributed by atoms with Gasteiger partial charge in [0.05, 0.1) is 31.4 Å². The number of carboxylic acids is 1. The molecule has 0 spiro atoms. The second-order valence-corrected chi connectivity index (χ2v) is 4.12. The monoisotopic (exact) mass is 322 g/mol. The topological polar surface area (TPSA) is 147 Å². The summed E-state index contributed by atoms with van der Waals surface area (Å²) in [6.45, 7) is 0. The first-order valence-corrected chi connectivity index (χ1v) is 5.99. The van der Waals surface area contributed by atoms with E-state index < -0.39 is 33.7 Å². The summed E-state index contributed by atoms with van der Waals surface area (Å²) in [6.07, 6.45) is 0.854. The summed E-state index contributed by atoms with van der Waals surface area (Å²) in [5.41, 5.74) is -1.53. The molecule has 0 saturated carbocycles. The second kappa shape index (κ2) is 6.09. The number of rotatable bonds is 5. The number of carboxylic acid groups (broad SMARTS) is 1. The Morgan fingerprint density at radius 1 is 1.26 bits per heavy atom. The highest BCUT2D eigenvalue weighted by Crippen LogP contribution is 2.34. The van der Waals surface area contributed by atoms with Gasteiger partial charge in [0.2, 0.25) is 0 Å². The minimum Gasteiger partial charge on any atom is -0.493 e. The van der Waals surface area contributed by atoms with Crippen LogP contribution in [-0.4, -0.2) is 51.1 Å². The average Bonchev–Trinajstić information content (AvgIpc) is 3.02. The van der Waals surface area contributed by atoms with Gasteiger partial charge in [0, 0.05) is 6.07 Å². The van der Waals surface area contributed by atoms with Crippen LogP contribution in [0, 0.1) is 10.1 Å². The molecule has 2 rings (SSSR count). The summed E-state index contributed by atoms with van der Waals surface area (Å²) in [5, 5.41) is 26.8. The van der Waals surface area contributed by atoms with Crippen LogP contribution < -0.4 is 9.47 Å². The summed E-state index contributed by atoms with van der Waals surface area (Å²) in [6, 6.07) is 2.08. The maximum Gasteiger partial charge on any atom is 0.356 e. The molecule has 0 saturated heterocycles. The first kappa shape index (κ1) is 15.9. The maximum absolute atomic E-state index is 12.4. The van der Waals surface area contributed by atoms with E-state index in [-0.39, 0.29) is 11.5 Å². The lowest BCUT2D eigenvalue weighted by molar-refractivity contribution is -0.385. The molecule has 11 nitrogen and oxygen atoms in total. The van der Waals surface area contributed by atoms with Gasteiger partial charge in [-0.25, -0.2) is 4.79 Å². The molecule has 2 aromatic rings. The molecule has 120 valence electrons. The Morgan fingerprint density at radius 3 is 2.39 bits per heavy atom. The van der Waals surface area contributed by atoms with Crippen molar-refractivity contribution in [3.05, 3.63) is 39.7 Å². The molecule has 0 amide bonds. The van der Waals surface area contributed by atoms with Gasteiger partial charge in [-0.05, 0) is 0 Å². The van der Waals surface area contributed by atoms with Crippen molar-refractivity contribution in [2.45, 2.75) is 0 Å². The zero-order chi connectivity index (χ0) is 17.1.